The molecule has 0 aliphatic carbocycles. The zero-order chi connectivity index (χ0) is 19.6. The molecule has 7 nitrogen and oxygen atoms in total. The minimum Gasteiger partial charge on any atom is -0.397 e. The Morgan fingerprint density at radius 2 is 2.07 bits per heavy atom. The van der Waals surface area contributed by atoms with Crippen molar-refractivity contribution in [1.82, 2.24) is 20.3 Å². The summed E-state index contributed by atoms with van der Waals surface area (Å²) in [6.45, 7) is 0.0919. The minimum absolute atomic E-state index is 0.494. The van der Waals surface area contributed by atoms with Crippen LogP contribution in [0.5, 0.6) is 0 Å². The lowest BCUT2D eigenvalue weighted by molar-refractivity contribution is -0.138. The zero-order valence-corrected chi connectivity index (χ0v) is 14.3. The number of aromatic nitrogens is 3. The molecule has 3 aromatic heterocycles. The van der Waals surface area contributed by atoms with Crippen LogP contribution in [0, 0.1) is 0 Å². The van der Waals surface area contributed by atoms with Gasteiger partial charge in [0.1, 0.15) is 18.2 Å². The molecule has 0 fully saturated rings. The second-order valence-corrected chi connectivity index (χ2v) is 6.03. The Labute approximate surface area is 152 Å². The highest BCUT2D eigenvalue weighted by atomic mass is 19.4. The van der Waals surface area contributed by atoms with Gasteiger partial charge in [-0.05, 0) is 19.1 Å². The third kappa shape index (κ3) is 4.46. The Morgan fingerprint density at radius 3 is 2.81 bits per heavy atom. The van der Waals surface area contributed by atoms with Crippen LogP contribution in [0.1, 0.15) is 6.92 Å². The normalized spacial score (nSPS) is 12.7. The van der Waals surface area contributed by atoms with Gasteiger partial charge in [0.05, 0.1) is 17.6 Å². The van der Waals surface area contributed by atoms with Gasteiger partial charge < -0.3 is 21.4 Å². The maximum Gasteiger partial charge on any atom is 0.405 e. The number of anilines is 2. The second kappa shape index (κ2) is 7.14. The zero-order valence-electron chi connectivity index (χ0n) is 14.3. The fraction of sp³-hybridized carbons (Fsp3) is 0.235. The van der Waals surface area contributed by atoms with Gasteiger partial charge in [0.25, 0.3) is 0 Å². The van der Waals surface area contributed by atoms with E-state index in [2.05, 4.69) is 20.3 Å². The SMILES string of the molecule is CC(Nc1cncc(-c2c[nH]c3ncc(N)cc23)c1)C(=O)NCC(F)(F)F. The van der Waals surface area contributed by atoms with E-state index < -0.39 is 24.7 Å². The number of fused-ring (bicyclic) bond motifs is 1. The van der Waals surface area contributed by atoms with Crippen LogP contribution in [-0.4, -0.2) is 39.6 Å². The molecule has 0 aromatic carbocycles. The highest BCUT2D eigenvalue weighted by molar-refractivity contribution is 5.95. The van der Waals surface area contributed by atoms with E-state index in [0.29, 0.717) is 17.0 Å². The van der Waals surface area contributed by atoms with Crippen LogP contribution in [0.25, 0.3) is 22.2 Å². The third-order valence-corrected chi connectivity index (χ3v) is 3.84. The first-order chi connectivity index (χ1) is 12.7. The highest BCUT2D eigenvalue weighted by Gasteiger charge is 2.28. The van der Waals surface area contributed by atoms with Crippen molar-refractivity contribution in [2.45, 2.75) is 19.1 Å². The van der Waals surface area contributed by atoms with Crippen molar-refractivity contribution in [3.05, 3.63) is 36.9 Å². The first-order valence-electron chi connectivity index (χ1n) is 8.02. The number of aromatic amines is 1. The van der Waals surface area contributed by atoms with Crippen molar-refractivity contribution in [2.24, 2.45) is 0 Å². The molecule has 0 bridgehead atoms. The van der Waals surface area contributed by atoms with Gasteiger partial charge in [-0.25, -0.2) is 4.98 Å². The molecule has 3 heterocycles. The monoisotopic (exact) mass is 378 g/mol. The Morgan fingerprint density at radius 1 is 1.30 bits per heavy atom. The second-order valence-electron chi connectivity index (χ2n) is 6.03. The molecular formula is C17H17F3N6O. The number of amides is 1. The average molecular weight is 378 g/mol. The molecular weight excluding hydrogens is 361 g/mol. The van der Waals surface area contributed by atoms with Crippen LogP contribution in [0.15, 0.2) is 36.9 Å². The van der Waals surface area contributed by atoms with Crippen LogP contribution in [-0.2, 0) is 4.79 Å². The van der Waals surface area contributed by atoms with Gasteiger partial charge in [-0.15, -0.1) is 0 Å². The smallest absolute Gasteiger partial charge is 0.397 e. The summed E-state index contributed by atoms with van der Waals surface area (Å²) in [5, 5.41) is 5.50. The summed E-state index contributed by atoms with van der Waals surface area (Å²) in [5.41, 5.74) is 9.01. The van der Waals surface area contributed by atoms with Crippen molar-refractivity contribution in [1.29, 1.82) is 0 Å². The number of carbonyl (C=O) groups excluding carboxylic acids is 1. The van der Waals surface area contributed by atoms with Gasteiger partial charge in [0, 0.05) is 35.1 Å². The molecule has 0 spiro atoms. The lowest BCUT2D eigenvalue weighted by atomic mass is 10.1. The van der Waals surface area contributed by atoms with Crippen molar-refractivity contribution in [3.8, 4) is 11.1 Å². The lowest BCUT2D eigenvalue weighted by Crippen LogP contribution is -2.42. The number of rotatable bonds is 5. The number of alkyl halides is 3. The van der Waals surface area contributed by atoms with Crippen LogP contribution in [0.2, 0.25) is 0 Å². The number of halogens is 3. The van der Waals surface area contributed by atoms with Crippen LogP contribution in [0.4, 0.5) is 24.5 Å². The van der Waals surface area contributed by atoms with Crippen LogP contribution in [0.3, 0.4) is 0 Å². The van der Waals surface area contributed by atoms with Crippen LogP contribution >= 0.6 is 0 Å². The fourth-order valence-electron chi connectivity index (χ4n) is 2.58. The molecule has 0 saturated heterocycles. The van der Waals surface area contributed by atoms with Gasteiger partial charge >= 0.3 is 6.18 Å². The van der Waals surface area contributed by atoms with Crippen molar-refractivity contribution in [2.75, 3.05) is 17.6 Å². The Kier molecular flexibility index (Phi) is 4.89. The number of carbonyl (C=O) groups is 1. The van der Waals surface area contributed by atoms with E-state index >= 15 is 0 Å². The first kappa shape index (κ1) is 18.5. The van der Waals surface area contributed by atoms with Gasteiger partial charge in [0.15, 0.2) is 0 Å². The number of nitrogens with two attached hydrogens (primary N) is 1. The summed E-state index contributed by atoms with van der Waals surface area (Å²) in [4.78, 5) is 23.2. The molecule has 0 radical (unpaired) electrons. The molecule has 10 heteroatoms. The van der Waals surface area contributed by atoms with E-state index in [-0.39, 0.29) is 0 Å². The molecule has 5 N–H and O–H groups in total. The standard InChI is InChI=1S/C17H17F3N6O/c1-9(16(27)25-8-17(18,19)20)26-12-2-10(4-22-6-12)14-7-24-15-13(14)3-11(21)5-23-15/h2-7,9,26H,8,21H2,1H3,(H,23,24)(H,25,27). The number of pyridine rings is 2. The van der Waals surface area contributed by atoms with Gasteiger partial charge in [-0.2, -0.15) is 13.2 Å². The molecule has 1 amide bonds. The predicted molar refractivity (Wildman–Crippen MR) is 95.9 cm³/mol. The predicted octanol–water partition coefficient (Wildman–Crippen LogP) is 2.69. The quantitative estimate of drug-likeness (QED) is 0.546. The number of nitrogens with one attached hydrogen (secondary N) is 3. The van der Waals surface area contributed by atoms with Crippen molar-refractivity contribution in [3.63, 3.8) is 0 Å². The van der Waals surface area contributed by atoms with Gasteiger partial charge in [0.2, 0.25) is 5.91 Å². The number of hydrogen-bond acceptors (Lipinski definition) is 5. The Balaban J connectivity index is 1.77. The molecule has 0 aliphatic rings. The molecule has 3 rings (SSSR count). The number of H-pyrrole nitrogens is 1. The summed E-state index contributed by atoms with van der Waals surface area (Å²) in [5.74, 6) is -0.762. The maximum atomic E-state index is 12.2. The van der Waals surface area contributed by atoms with Crippen LogP contribution < -0.4 is 16.4 Å². The minimum atomic E-state index is -4.46. The van der Waals surface area contributed by atoms with E-state index in [9.17, 15) is 18.0 Å². The molecule has 1 unspecified atom stereocenters. The Hall–Kier alpha value is -3.30. The summed E-state index contributed by atoms with van der Waals surface area (Å²) in [6, 6.07) is 2.65. The van der Waals surface area contributed by atoms with E-state index in [1.54, 1.807) is 30.7 Å². The molecule has 142 valence electrons. The highest BCUT2D eigenvalue weighted by Crippen LogP contribution is 2.29. The average Bonchev–Trinajstić information content (AvgIpc) is 3.02. The third-order valence-electron chi connectivity index (χ3n) is 3.84. The number of hydrogen-bond donors (Lipinski definition) is 4. The first-order valence-corrected chi connectivity index (χ1v) is 8.02. The molecule has 0 saturated carbocycles. The largest absolute Gasteiger partial charge is 0.405 e. The summed E-state index contributed by atoms with van der Waals surface area (Å²) < 4.78 is 36.6. The van der Waals surface area contributed by atoms with Crippen molar-refractivity contribution >= 4 is 28.3 Å². The van der Waals surface area contributed by atoms with E-state index in [0.717, 1.165) is 16.5 Å². The van der Waals surface area contributed by atoms with Crippen molar-refractivity contribution < 1.29 is 18.0 Å². The maximum absolute atomic E-state index is 12.2. The van der Waals surface area contributed by atoms with E-state index in [1.807, 2.05) is 5.32 Å². The number of nitrogen functional groups attached to an aromatic ring is 1. The van der Waals surface area contributed by atoms with Gasteiger partial charge in [-0.3, -0.25) is 9.78 Å². The molecule has 27 heavy (non-hydrogen) atoms. The van der Waals surface area contributed by atoms with E-state index in [1.165, 1.54) is 13.1 Å². The Bertz CT molecular complexity index is 969. The van der Waals surface area contributed by atoms with E-state index in [4.69, 9.17) is 5.73 Å². The number of nitrogens with zero attached hydrogens (tertiary/aromatic N) is 2. The summed E-state index contributed by atoms with van der Waals surface area (Å²) in [7, 11) is 0. The molecule has 3 aromatic rings. The lowest BCUT2D eigenvalue weighted by Gasteiger charge is -2.16. The molecule has 0 aliphatic heterocycles. The fourth-order valence-corrected chi connectivity index (χ4v) is 2.58. The topological polar surface area (TPSA) is 109 Å². The summed E-state index contributed by atoms with van der Waals surface area (Å²) >= 11 is 0. The van der Waals surface area contributed by atoms with Gasteiger partial charge in [-0.1, -0.05) is 0 Å². The molecule has 1 atom stereocenters. The summed E-state index contributed by atoms with van der Waals surface area (Å²) in [6.07, 6.45) is 1.96.